The summed E-state index contributed by atoms with van der Waals surface area (Å²) in [6.07, 6.45) is 4.72. The molecule has 3 aromatic carbocycles. The van der Waals surface area contributed by atoms with Crippen LogP contribution in [0.25, 0.3) is 6.08 Å². The number of thioether (sulfide) groups is 1. The van der Waals surface area contributed by atoms with Crippen LogP contribution in [0.4, 0.5) is 15.8 Å². The third-order valence-electron chi connectivity index (χ3n) is 6.10. The summed E-state index contributed by atoms with van der Waals surface area (Å²) in [5.41, 5.74) is 1.85. The fourth-order valence-corrected chi connectivity index (χ4v) is 5.16. The highest BCUT2D eigenvalue weighted by molar-refractivity contribution is 8.00. The minimum absolute atomic E-state index is 0.0168. The summed E-state index contributed by atoms with van der Waals surface area (Å²) >= 11 is 1.23. The largest absolute Gasteiger partial charge is 0.321 e. The van der Waals surface area contributed by atoms with E-state index in [-0.39, 0.29) is 23.9 Å². The van der Waals surface area contributed by atoms with Crippen LogP contribution in [0.5, 0.6) is 0 Å². The summed E-state index contributed by atoms with van der Waals surface area (Å²) in [6, 6.07) is 24.0. The first kappa shape index (κ1) is 27.5. The number of pyridine rings is 1. The molecule has 0 aliphatic carbocycles. The molecule has 0 bridgehead atoms. The normalized spacial score (nSPS) is 15.1. The number of hydrogen-bond acceptors (Lipinski definition) is 6. The van der Waals surface area contributed by atoms with Crippen LogP contribution in [0.15, 0.2) is 114 Å². The number of benzene rings is 3. The Bertz CT molecular complexity index is 1610. The van der Waals surface area contributed by atoms with Crippen LogP contribution in [0.3, 0.4) is 0 Å². The zero-order valence-electron chi connectivity index (χ0n) is 21.5. The van der Waals surface area contributed by atoms with E-state index in [1.54, 1.807) is 79.1 Å². The molecule has 5 rings (SSSR count). The molecule has 4 amide bonds. The number of hydrogen-bond donors (Lipinski definition) is 2. The highest BCUT2D eigenvalue weighted by atomic mass is 32.2. The van der Waals surface area contributed by atoms with E-state index in [0.717, 1.165) is 9.80 Å². The van der Waals surface area contributed by atoms with E-state index in [1.807, 2.05) is 0 Å². The summed E-state index contributed by atoms with van der Waals surface area (Å²) in [4.78, 5) is 57.2. The van der Waals surface area contributed by atoms with E-state index in [0.29, 0.717) is 22.5 Å². The van der Waals surface area contributed by atoms with Gasteiger partial charge in [-0.2, -0.15) is 0 Å². The van der Waals surface area contributed by atoms with Crippen molar-refractivity contribution < 1.29 is 23.6 Å². The van der Waals surface area contributed by atoms with Gasteiger partial charge in [-0.05, 0) is 78.4 Å². The average molecular weight is 567 g/mol. The molecule has 2 N–H and O–H groups in total. The molecule has 2 heterocycles. The number of anilines is 2. The Morgan fingerprint density at radius 1 is 0.927 bits per heavy atom. The van der Waals surface area contributed by atoms with Gasteiger partial charge in [-0.15, -0.1) is 11.8 Å². The van der Waals surface area contributed by atoms with Crippen molar-refractivity contribution in [2.24, 2.45) is 0 Å². The van der Waals surface area contributed by atoms with E-state index in [9.17, 15) is 23.6 Å². The van der Waals surface area contributed by atoms with E-state index < -0.39 is 22.9 Å². The summed E-state index contributed by atoms with van der Waals surface area (Å²) < 4.78 is 13.3. The smallest absolute Gasteiger partial charge is 0.272 e. The standard InChI is InChI=1S/C31H23FN4O4S/c32-22-8-12-24(13-9-22)36-28(37)18-27(31(36)40)41-25-14-10-23(11-15-25)34-30(39)26(17-20-5-4-16-33-19-20)35-29(38)21-6-2-1-3-7-21/h1-17,19,27H,18H2,(H,34,39)(H,35,38)/b26-17-. The summed E-state index contributed by atoms with van der Waals surface area (Å²) in [5, 5.41) is 4.82. The van der Waals surface area contributed by atoms with Crippen LogP contribution in [-0.4, -0.2) is 33.9 Å². The predicted molar refractivity (Wildman–Crippen MR) is 154 cm³/mol. The number of rotatable bonds is 8. The van der Waals surface area contributed by atoms with Crippen LogP contribution < -0.4 is 15.5 Å². The first-order chi connectivity index (χ1) is 19.9. The van der Waals surface area contributed by atoms with E-state index in [2.05, 4.69) is 15.6 Å². The molecular weight excluding hydrogens is 543 g/mol. The molecule has 0 saturated carbocycles. The molecule has 1 unspecified atom stereocenters. The molecule has 1 aromatic heterocycles. The van der Waals surface area contributed by atoms with Gasteiger partial charge in [-0.1, -0.05) is 24.3 Å². The highest BCUT2D eigenvalue weighted by Gasteiger charge is 2.40. The molecule has 41 heavy (non-hydrogen) atoms. The van der Waals surface area contributed by atoms with Crippen molar-refractivity contribution in [1.29, 1.82) is 0 Å². The van der Waals surface area contributed by atoms with Crippen LogP contribution in [0, 0.1) is 5.82 Å². The van der Waals surface area contributed by atoms with Crippen molar-refractivity contribution in [3.05, 3.63) is 126 Å². The minimum atomic E-state index is -0.629. The van der Waals surface area contributed by atoms with Gasteiger partial charge in [0.2, 0.25) is 11.8 Å². The summed E-state index contributed by atoms with van der Waals surface area (Å²) in [5.74, 6) is -2.15. The van der Waals surface area contributed by atoms with Crippen molar-refractivity contribution in [2.45, 2.75) is 16.6 Å². The Balaban J connectivity index is 1.26. The number of nitrogens with one attached hydrogen (secondary N) is 2. The molecule has 4 aromatic rings. The maximum atomic E-state index is 13.3. The second kappa shape index (κ2) is 12.4. The molecule has 1 saturated heterocycles. The number of imide groups is 1. The lowest BCUT2D eigenvalue weighted by atomic mass is 10.2. The lowest BCUT2D eigenvalue weighted by Crippen LogP contribution is -2.31. The van der Waals surface area contributed by atoms with Gasteiger partial charge in [-0.25, -0.2) is 9.29 Å². The fourth-order valence-electron chi connectivity index (χ4n) is 4.11. The van der Waals surface area contributed by atoms with Crippen LogP contribution >= 0.6 is 11.8 Å². The van der Waals surface area contributed by atoms with Gasteiger partial charge >= 0.3 is 0 Å². The van der Waals surface area contributed by atoms with Crippen LogP contribution in [0.1, 0.15) is 22.3 Å². The second-order valence-electron chi connectivity index (χ2n) is 9.00. The monoisotopic (exact) mass is 566 g/mol. The number of halogens is 1. The minimum Gasteiger partial charge on any atom is -0.321 e. The molecular formula is C31H23FN4O4S. The lowest BCUT2D eigenvalue weighted by molar-refractivity contribution is -0.121. The maximum Gasteiger partial charge on any atom is 0.272 e. The number of aromatic nitrogens is 1. The zero-order valence-corrected chi connectivity index (χ0v) is 22.3. The topological polar surface area (TPSA) is 108 Å². The van der Waals surface area contributed by atoms with Gasteiger partial charge in [0.1, 0.15) is 11.5 Å². The molecule has 8 nitrogen and oxygen atoms in total. The van der Waals surface area contributed by atoms with Crippen LogP contribution in [-0.2, 0) is 14.4 Å². The van der Waals surface area contributed by atoms with Gasteiger partial charge in [0, 0.05) is 35.0 Å². The average Bonchev–Trinajstić information content (AvgIpc) is 3.27. The van der Waals surface area contributed by atoms with Gasteiger partial charge in [0.05, 0.1) is 10.9 Å². The molecule has 1 aliphatic heterocycles. The Morgan fingerprint density at radius 2 is 1.66 bits per heavy atom. The second-order valence-corrected chi connectivity index (χ2v) is 10.3. The third kappa shape index (κ3) is 6.74. The fraction of sp³-hybridized carbons (Fsp3) is 0.0645. The Morgan fingerprint density at radius 3 is 2.34 bits per heavy atom. The van der Waals surface area contributed by atoms with E-state index in [4.69, 9.17) is 0 Å². The summed E-state index contributed by atoms with van der Waals surface area (Å²) in [7, 11) is 0. The zero-order chi connectivity index (χ0) is 28.8. The number of nitrogens with zero attached hydrogens (tertiary/aromatic N) is 2. The van der Waals surface area contributed by atoms with Crippen molar-refractivity contribution in [3.8, 4) is 0 Å². The van der Waals surface area contributed by atoms with Gasteiger partial charge in [-0.3, -0.25) is 24.2 Å². The molecule has 0 radical (unpaired) electrons. The third-order valence-corrected chi connectivity index (χ3v) is 7.30. The number of amides is 4. The first-order valence-corrected chi connectivity index (χ1v) is 13.4. The number of carbonyl (C=O) groups is 4. The lowest BCUT2D eigenvalue weighted by Gasteiger charge is -2.15. The molecule has 1 fully saturated rings. The van der Waals surface area contributed by atoms with Crippen molar-refractivity contribution in [3.63, 3.8) is 0 Å². The number of carbonyl (C=O) groups excluding carboxylic acids is 4. The van der Waals surface area contributed by atoms with Gasteiger partial charge in [0.25, 0.3) is 11.8 Å². The molecule has 0 spiro atoms. The molecule has 10 heteroatoms. The van der Waals surface area contributed by atoms with Crippen molar-refractivity contribution in [2.75, 3.05) is 10.2 Å². The Labute approximate surface area is 239 Å². The molecule has 1 atom stereocenters. The predicted octanol–water partition coefficient (Wildman–Crippen LogP) is 5.05. The molecule has 1 aliphatic rings. The molecule has 204 valence electrons. The van der Waals surface area contributed by atoms with Crippen LogP contribution in [0.2, 0.25) is 0 Å². The summed E-state index contributed by atoms with van der Waals surface area (Å²) in [6.45, 7) is 0. The van der Waals surface area contributed by atoms with Crippen molar-refractivity contribution in [1.82, 2.24) is 10.3 Å². The Kier molecular flexibility index (Phi) is 8.31. The van der Waals surface area contributed by atoms with Crippen molar-refractivity contribution >= 4 is 52.8 Å². The SMILES string of the molecule is O=C(Nc1ccc(SC2CC(=O)N(c3ccc(F)cc3)C2=O)cc1)/C(=C/c1cccnc1)NC(=O)c1ccccc1. The van der Waals surface area contributed by atoms with E-state index >= 15 is 0 Å². The Hall–Kier alpha value is -5.09. The van der Waals surface area contributed by atoms with E-state index in [1.165, 1.54) is 42.1 Å². The maximum absolute atomic E-state index is 13.3. The first-order valence-electron chi connectivity index (χ1n) is 12.6. The quantitative estimate of drug-likeness (QED) is 0.228. The van der Waals surface area contributed by atoms with Gasteiger partial charge in [0.15, 0.2) is 0 Å². The highest BCUT2D eigenvalue weighted by Crippen LogP contribution is 2.34. The van der Waals surface area contributed by atoms with Gasteiger partial charge < -0.3 is 10.6 Å².